The highest BCUT2D eigenvalue weighted by Gasteiger charge is 2.68. The highest BCUT2D eigenvalue weighted by molar-refractivity contribution is 5.18. The van der Waals surface area contributed by atoms with Gasteiger partial charge in [0.05, 0.1) is 25.9 Å². The van der Waals surface area contributed by atoms with Gasteiger partial charge in [0.2, 0.25) is 0 Å². The first-order valence-electron chi connectivity index (χ1n) is 13.7. The number of aliphatic hydroxyl groups is 2. The first kappa shape index (κ1) is 22.3. The number of hydrogen-bond donors (Lipinski definition) is 2. The fourth-order valence-corrected chi connectivity index (χ4v) is 11.0. The number of fused-ring (bicyclic) bond motifs is 2. The topological polar surface area (TPSA) is 56.2 Å². The summed E-state index contributed by atoms with van der Waals surface area (Å²) in [4.78, 5) is 5.23. The molecule has 7 rings (SSSR count). The average molecular weight is 447 g/mol. The van der Waals surface area contributed by atoms with Gasteiger partial charge in [-0.15, -0.1) is 0 Å². The van der Waals surface area contributed by atoms with Crippen molar-refractivity contribution in [1.29, 1.82) is 0 Å². The second kappa shape index (κ2) is 7.65. The van der Waals surface area contributed by atoms with E-state index in [1.165, 1.54) is 38.5 Å². The lowest BCUT2D eigenvalue weighted by Crippen LogP contribution is -2.77. The third-order valence-electron chi connectivity index (χ3n) is 12.3. The number of aliphatic hydroxyl groups excluding tert-OH is 2. The summed E-state index contributed by atoms with van der Waals surface area (Å²) in [5.41, 5.74) is 0.329. The predicted octanol–water partition coefficient (Wildman–Crippen LogP) is 3.34. The van der Waals surface area contributed by atoms with E-state index in [1.807, 2.05) is 0 Å². The van der Waals surface area contributed by atoms with Gasteiger partial charge in [0.25, 0.3) is 0 Å². The van der Waals surface area contributed by atoms with Gasteiger partial charge < -0.3 is 14.9 Å². The molecule has 0 aromatic carbocycles. The molecule has 0 aromatic rings. The van der Waals surface area contributed by atoms with E-state index in [0.29, 0.717) is 29.8 Å². The van der Waals surface area contributed by atoms with Crippen LogP contribution in [0.1, 0.15) is 72.1 Å². The van der Waals surface area contributed by atoms with Crippen molar-refractivity contribution in [1.82, 2.24) is 9.80 Å². The molecule has 0 radical (unpaired) electrons. The molecule has 182 valence electrons. The lowest BCUT2D eigenvalue weighted by Gasteiger charge is -2.69. The SMILES string of the molecule is CC1[C@H]2CCC3C4CC[C@H]5C[C@@H](O)[C@@](N6CCOCC6)(C[C@]5(C)C4CC[C@@]32C)N1CCO. The molecule has 0 amide bonds. The van der Waals surface area contributed by atoms with Crippen LogP contribution in [0, 0.1) is 40.4 Å². The second-order valence-corrected chi connectivity index (χ2v) is 12.9. The summed E-state index contributed by atoms with van der Waals surface area (Å²) >= 11 is 0. The Hall–Kier alpha value is -0.200. The van der Waals surface area contributed by atoms with Gasteiger partial charge in [0.15, 0.2) is 0 Å². The molecular weight excluding hydrogens is 400 g/mol. The van der Waals surface area contributed by atoms with Crippen LogP contribution >= 0.6 is 0 Å². The van der Waals surface area contributed by atoms with E-state index in [-0.39, 0.29) is 23.8 Å². The van der Waals surface area contributed by atoms with Crippen LogP contribution < -0.4 is 0 Å². The molecule has 0 spiro atoms. The zero-order valence-electron chi connectivity index (χ0n) is 20.6. The van der Waals surface area contributed by atoms with E-state index in [9.17, 15) is 10.2 Å². The van der Waals surface area contributed by atoms with E-state index in [2.05, 4.69) is 30.6 Å². The van der Waals surface area contributed by atoms with Crippen LogP contribution in [-0.2, 0) is 4.74 Å². The summed E-state index contributed by atoms with van der Waals surface area (Å²) in [6.45, 7) is 11.8. The number of morpholine rings is 1. The predicted molar refractivity (Wildman–Crippen MR) is 125 cm³/mol. The second-order valence-electron chi connectivity index (χ2n) is 12.9. The van der Waals surface area contributed by atoms with Crippen LogP contribution in [0.5, 0.6) is 0 Å². The molecule has 5 nitrogen and oxygen atoms in total. The summed E-state index contributed by atoms with van der Waals surface area (Å²) in [7, 11) is 0. The molecule has 4 aliphatic carbocycles. The van der Waals surface area contributed by atoms with Gasteiger partial charge in [-0.05, 0) is 98.7 Å². The molecule has 10 atom stereocenters. The van der Waals surface area contributed by atoms with Crippen molar-refractivity contribution in [3.05, 3.63) is 0 Å². The maximum atomic E-state index is 12.0. The van der Waals surface area contributed by atoms with Gasteiger partial charge in [-0.3, -0.25) is 9.80 Å². The zero-order valence-corrected chi connectivity index (χ0v) is 20.6. The number of nitrogens with zero attached hydrogens (tertiary/aromatic N) is 2. The van der Waals surface area contributed by atoms with Crippen molar-refractivity contribution in [2.45, 2.75) is 89.9 Å². The van der Waals surface area contributed by atoms with E-state index in [0.717, 1.165) is 56.9 Å². The monoisotopic (exact) mass is 446 g/mol. The zero-order chi connectivity index (χ0) is 22.3. The molecular formula is C27H46N2O3. The van der Waals surface area contributed by atoms with Crippen molar-refractivity contribution in [3.8, 4) is 0 Å². The molecule has 4 unspecified atom stereocenters. The molecule has 2 N–H and O–H groups in total. The normalized spacial score (nSPS) is 56.0. The summed E-state index contributed by atoms with van der Waals surface area (Å²) in [5.74, 6) is 3.86. The molecule has 32 heavy (non-hydrogen) atoms. The summed E-state index contributed by atoms with van der Waals surface area (Å²) < 4.78 is 5.78. The molecule has 3 aliphatic heterocycles. The Balaban J connectivity index is 1.55. The standard InChI is InChI=1S/C27H46N2O3/c1-18-21-6-7-22-20-5-4-19-16-24(31)27(29(18)10-13-30,28-11-14-32-15-12-28)17-26(19,3)23(20)8-9-25(21,22)2/h18-24,30-31H,4-17H2,1-3H3/t18?,19-,20?,21+,22?,23?,24+,25+,26-,27+/m0/s1. The number of hydrogen-bond acceptors (Lipinski definition) is 5. The molecule has 3 heterocycles. The smallest absolute Gasteiger partial charge is 0.101 e. The molecule has 0 aromatic heterocycles. The summed E-state index contributed by atoms with van der Waals surface area (Å²) in [6.07, 6.45) is 9.83. The molecule has 3 saturated heterocycles. The van der Waals surface area contributed by atoms with E-state index >= 15 is 0 Å². The van der Waals surface area contributed by atoms with Crippen LogP contribution in [0.2, 0.25) is 0 Å². The first-order chi connectivity index (χ1) is 15.4. The maximum Gasteiger partial charge on any atom is 0.101 e. The number of rotatable bonds is 3. The van der Waals surface area contributed by atoms with Crippen LogP contribution in [0.3, 0.4) is 0 Å². The fraction of sp³-hybridized carbons (Fsp3) is 1.00. The Bertz CT molecular complexity index is 728. The van der Waals surface area contributed by atoms with Gasteiger partial charge in [-0.2, -0.15) is 0 Å². The minimum Gasteiger partial charge on any atom is -0.395 e. The van der Waals surface area contributed by atoms with E-state index in [1.54, 1.807) is 0 Å². The highest BCUT2D eigenvalue weighted by atomic mass is 16.5. The van der Waals surface area contributed by atoms with Crippen LogP contribution in [0.4, 0.5) is 0 Å². The molecule has 5 heteroatoms. The third-order valence-corrected chi connectivity index (χ3v) is 12.3. The molecule has 4 saturated carbocycles. The van der Waals surface area contributed by atoms with Crippen molar-refractivity contribution in [2.75, 3.05) is 39.5 Å². The first-order valence-corrected chi connectivity index (χ1v) is 13.7. The Labute approximate surface area is 194 Å². The molecule has 7 fully saturated rings. The molecule has 7 aliphatic rings. The quantitative estimate of drug-likeness (QED) is 0.696. The van der Waals surface area contributed by atoms with Crippen LogP contribution in [0.25, 0.3) is 0 Å². The maximum absolute atomic E-state index is 12.0. The minimum atomic E-state index is -0.370. The van der Waals surface area contributed by atoms with Gasteiger partial charge in [0.1, 0.15) is 5.66 Å². The lowest BCUT2D eigenvalue weighted by atomic mass is 9.42. The van der Waals surface area contributed by atoms with Crippen molar-refractivity contribution in [2.24, 2.45) is 40.4 Å². The summed E-state index contributed by atoms with van der Waals surface area (Å²) in [5, 5.41) is 22.3. The minimum absolute atomic E-state index is 0.169. The van der Waals surface area contributed by atoms with Gasteiger partial charge in [0, 0.05) is 25.7 Å². The Kier molecular flexibility index (Phi) is 5.32. The largest absolute Gasteiger partial charge is 0.395 e. The van der Waals surface area contributed by atoms with Gasteiger partial charge >= 0.3 is 0 Å². The Morgan fingerprint density at radius 2 is 1.66 bits per heavy atom. The van der Waals surface area contributed by atoms with Gasteiger partial charge in [-0.1, -0.05) is 13.8 Å². The number of ether oxygens (including phenoxy) is 1. The van der Waals surface area contributed by atoms with Crippen LogP contribution in [-0.4, -0.2) is 77.3 Å². The van der Waals surface area contributed by atoms with Crippen molar-refractivity contribution in [3.63, 3.8) is 0 Å². The lowest BCUT2D eigenvalue weighted by molar-refractivity contribution is -0.258. The van der Waals surface area contributed by atoms with E-state index in [4.69, 9.17) is 4.74 Å². The van der Waals surface area contributed by atoms with Crippen molar-refractivity contribution < 1.29 is 14.9 Å². The summed E-state index contributed by atoms with van der Waals surface area (Å²) in [6, 6.07) is 0.380. The third kappa shape index (κ3) is 2.75. The average Bonchev–Trinajstić information content (AvgIpc) is 3.14. The fourth-order valence-electron chi connectivity index (χ4n) is 11.0. The van der Waals surface area contributed by atoms with Crippen molar-refractivity contribution >= 4 is 0 Å². The van der Waals surface area contributed by atoms with E-state index < -0.39 is 0 Å². The molecule has 7 bridgehead atoms. The highest BCUT2D eigenvalue weighted by Crippen LogP contribution is 2.70. The Morgan fingerprint density at radius 1 is 0.938 bits per heavy atom. The van der Waals surface area contributed by atoms with Gasteiger partial charge in [-0.25, -0.2) is 0 Å². The van der Waals surface area contributed by atoms with Crippen LogP contribution in [0.15, 0.2) is 0 Å². The Morgan fingerprint density at radius 3 is 2.41 bits per heavy atom.